The molecule has 0 aromatic heterocycles. The standard InChI is InChI=1S/C77H55N/c1-75(56-21-7-3-8-22-56)69-32-18-15-29-63(69)66-46-39-54(49-72(66)75)52-35-41-60(42-36-52)78(62-45-48-67-64-30-16-19-33-70(64)76(2,73(67)51-62)57-23-9-4-10-24-57)61-43-37-53(38-44-61)55-40-47-68-65-31-17-20-34-71(65)77(74(68)50-55,58-25-11-5-12-26-58)59-27-13-6-14-28-59/h3-51H,1-2H3. The fourth-order valence-corrected chi connectivity index (χ4v) is 14.1. The summed E-state index contributed by atoms with van der Waals surface area (Å²) in [5, 5.41) is 0. The summed E-state index contributed by atoms with van der Waals surface area (Å²) in [6, 6.07) is 111. The fraction of sp³-hybridized carbons (Fsp3) is 0.0649. The molecule has 0 N–H and O–H groups in total. The highest BCUT2D eigenvalue weighted by molar-refractivity contribution is 5.91. The van der Waals surface area contributed by atoms with Crippen LogP contribution in [0.1, 0.15) is 69.5 Å². The molecule has 15 rings (SSSR count). The second kappa shape index (κ2) is 17.8. The van der Waals surface area contributed by atoms with Crippen LogP contribution in [0.3, 0.4) is 0 Å². The molecule has 0 spiro atoms. The molecule has 1 heteroatoms. The van der Waals surface area contributed by atoms with E-state index in [2.05, 4.69) is 316 Å². The first kappa shape index (κ1) is 45.8. The summed E-state index contributed by atoms with van der Waals surface area (Å²) in [5.41, 5.74) is 27.9. The van der Waals surface area contributed by atoms with Gasteiger partial charge in [-0.1, -0.05) is 249 Å². The molecule has 2 atom stereocenters. The van der Waals surface area contributed by atoms with Crippen molar-refractivity contribution in [1.82, 2.24) is 0 Å². The number of nitrogens with zero attached hydrogens (tertiary/aromatic N) is 1. The Morgan fingerprint density at radius 3 is 0.987 bits per heavy atom. The van der Waals surface area contributed by atoms with Crippen molar-refractivity contribution in [1.29, 1.82) is 0 Å². The Balaban J connectivity index is 0.857. The van der Waals surface area contributed by atoms with Crippen molar-refractivity contribution in [3.8, 4) is 55.6 Å². The van der Waals surface area contributed by atoms with Gasteiger partial charge in [0.1, 0.15) is 0 Å². The van der Waals surface area contributed by atoms with Gasteiger partial charge in [-0.15, -0.1) is 0 Å². The molecular formula is C77H55N. The molecule has 1 nitrogen and oxygen atoms in total. The van der Waals surface area contributed by atoms with Crippen LogP contribution in [-0.4, -0.2) is 0 Å². The minimum absolute atomic E-state index is 0.273. The summed E-state index contributed by atoms with van der Waals surface area (Å²) in [6.45, 7) is 4.80. The lowest BCUT2D eigenvalue weighted by atomic mass is 9.67. The maximum atomic E-state index is 2.46. The molecule has 0 aliphatic heterocycles. The third-order valence-electron chi connectivity index (χ3n) is 17.9. The first-order chi connectivity index (χ1) is 38.4. The molecule has 0 bridgehead atoms. The Labute approximate surface area is 458 Å². The summed E-state index contributed by atoms with van der Waals surface area (Å²) >= 11 is 0. The minimum atomic E-state index is -0.471. The Bertz CT molecular complexity index is 4220. The zero-order valence-corrected chi connectivity index (χ0v) is 43.7. The van der Waals surface area contributed by atoms with E-state index in [1.165, 1.54) is 111 Å². The normalized spacial score (nSPS) is 16.8. The van der Waals surface area contributed by atoms with E-state index < -0.39 is 5.41 Å². The highest BCUT2D eigenvalue weighted by Crippen LogP contribution is 2.58. The van der Waals surface area contributed by atoms with Gasteiger partial charge in [0, 0.05) is 27.9 Å². The molecule has 0 saturated carbocycles. The summed E-state index contributed by atoms with van der Waals surface area (Å²) in [6.07, 6.45) is 0. The van der Waals surface area contributed by atoms with Crippen LogP contribution in [0, 0.1) is 0 Å². The summed E-state index contributed by atoms with van der Waals surface area (Å²) in [4.78, 5) is 2.45. The van der Waals surface area contributed by atoms with Gasteiger partial charge < -0.3 is 4.90 Å². The molecule has 0 fully saturated rings. The van der Waals surface area contributed by atoms with E-state index in [1.54, 1.807) is 0 Å². The van der Waals surface area contributed by atoms with Gasteiger partial charge in [-0.3, -0.25) is 0 Å². The number of hydrogen-bond acceptors (Lipinski definition) is 1. The zero-order valence-electron chi connectivity index (χ0n) is 43.7. The van der Waals surface area contributed by atoms with Crippen LogP contribution >= 0.6 is 0 Å². The van der Waals surface area contributed by atoms with Gasteiger partial charge in [0.2, 0.25) is 0 Å². The van der Waals surface area contributed by atoms with Gasteiger partial charge in [0.25, 0.3) is 0 Å². The Kier molecular flexibility index (Phi) is 10.4. The number of fused-ring (bicyclic) bond motifs is 9. The predicted molar refractivity (Wildman–Crippen MR) is 324 cm³/mol. The van der Waals surface area contributed by atoms with Crippen molar-refractivity contribution in [3.05, 3.63) is 353 Å². The maximum Gasteiger partial charge on any atom is 0.0713 e. The van der Waals surface area contributed by atoms with E-state index >= 15 is 0 Å². The van der Waals surface area contributed by atoms with Crippen LogP contribution in [-0.2, 0) is 16.2 Å². The predicted octanol–water partition coefficient (Wildman–Crippen LogP) is 19.5. The molecule has 0 radical (unpaired) electrons. The number of anilines is 3. The molecule has 0 saturated heterocycles. The van der Waals surface area contributed by atoms with Gasteiger partial charge in [0.15, 0.2) is 0 Å². The van der Waals surface area contributed by atoms with Crippen molar-refractivity contribution >= 4 is 17.1 Å². The van der Waals surface area contributed by atoms with E-state index in [0.717, 1.165) is 17.1 Å². The minimum Gasteiger partial charge on any atom is -0.310 e. The molecule has 0 amide bonds. The molecule has 12 aromatic carbocycles. The van der Waals surface area contributed by atoms with Gasteiger partial charge >= 0.3 is 0 Å². The van der Waals surface area contributed by atoms with Gasteiger partial charge in [-0.25, -0.2) is 0 Å². The SMILES string of the molecule is CC1(c2ccccc2)c2ccccc2-c2ccc(-c3ccc(N(c4ccc(-c5ccc6c(c5)C(c5ccccc5)(c5ccccc5)c5ccccc5-6)cc4)c4ccc5c(c4)C(C)(c4ccccc4)c4ccccc4-5)cc3)cc21. The summed E-state index contributed by atoms with van der Waals surface area (Å²) in [5.74, 6) is 0. The molecule has 3 aliphatic carbocycles. The van der Waals surface area contributed by atoms with Crippen LogP contribution in [0.4, 0.5) is 17.1 Å². The highest BCUT2D eigenvalue weighted by atomic mass is 15.1. The van der Waals surface area contributed by atoms with E-state index in [-0.39, 0.29) is 10.8 Å². The van der Waals surface area contributed by atoms with Crippen LogP contribution < -0.4 is 4.90 Å². The molecular weight excluding hydrogens is 939 g/mol. The molecule has 2 unspecified atom stereocenters. The molecule has 78 heavy (non-hydrogen) atoms. The quantitative estimate of drug-likeness (QED) is 0.139. The monoisotopic (exact) mass is 993 g/mol. The molecule has 0 heterocycles. The summed E-state index contributed by atoms with van der Waals surface area (Å²) < 4.78 is 0. The Morgan fingerprint density at radius 2 is 0.526 bits per heavy atom. The third kappa shape index (κ3) is 6.68. The van der Waals surface area contributed by atoms with Crippen molar-refractivity contribution in [2.45, 2.75) is 30.1 Å². The first-order valence-electron chi connectivity index (χ1n) is 27.4. The van der Waals surface area contributed by atoms with Crippen LogP contribution in [0.2, 0.25) is 0 Å². The average Bonchev–Trinajstić information content (AvgIpc) is 4.24. The first-order valence-corrected chi connectivity index (χ1v) is 27.4. The largest absolute Gasteiger partial charge is 0.310 e. The van der Waals surface area contributed by atoms with Crippen LogP contribution in [0.25, 0.3) is 55.6 Å². The van der Waals surface area contributed by atoms with Crippen LogP contribution in [0.5, 0.6) is 0 Å². The van der Waals surface area contributed by atoms with Crippen LogP contribution in [0.15, 0.2) is 297 Å². The molecule has 368 valence electrons. The van der Waals surface area contributed by atoms with E-state index in [1.807, 2.05) is 0 Å². The number of rotatable bonds is 9. The molecule has 3 aliphatic rings. The van der Waals surface area contributed by atoms with Crippen molar-refractivity contribution < 1.29 is 0 Å². The Hall–Kier alpha value is -9.56. The van der Waals surface area contributed by atoms with Crippen molar-refractivity contribution in [2.75, 3.05) is 4.90 Å². The number of hydrogen-bond donors (Lipinski definition) is 0. The zero-order chi connectivity index (χ0) is 52.0. The van der Waals surface area contributed by atoms with Crippen molar-refractivity contribution in [3.63, 3.8) is 0 Å². The van der Waals surface area contributed by atoms with Gasteiger partial charge in [0.05, 0.1) is 5.41 Å². The lowest BCUT2D eigenvalue weighted by Gasteiger charge is -2.34. The van der Waals surface area contributed by atoms with Gasteiger partial charge in [-0.05, 0) is 174 Å². The topological polar surface area (TPSA) is 3.24 Å². The highest BCUT2D eigenvalue weighted by Gasteiger charge is 2.47. The van der Waals surface area contributed by atoms with E-state index in [9.17, 15) is 0 Å². The van der Waals surface area contributed by atoms with E-state index in [0.29, 0.717) is 0 Å². The van der Waals surface area contributed by atoms with Crippen molar-refractivity contribution in [2.24, 2.45) is 0 Å². The number of benzene rings is 12. The fourth-order valence-electron chi connectivity index (χ4n) is 14.1. The third-order valence-corrected chi connectivity index (χ3v) is 17.9. The van der Waals surface area contributed by atoms with Gasteiger partial charge in [-0.2, -0.15) is 0 Å². The lowest BCUT2D eigenvalue weighted by molar-refractivity contribution is 0.714. The lowest BCUT2D eigenvalue weighted by Crippen LogP contribution is -2.28. The molecule has 12 aromatic rings. The second-order valence-electron chi connectivity index (χ2n) is 21.8. The average molecular weight is 994 g/mol. The van der Waals surface area contributed by atoms with E-state index in [4.69, 9.17) is 0 Å². The Morgan fingerprint density at radius 1 is 0.218 bits per heavy atom. The summed E-state index contributed by atoms with van der Waals surface area (Å²) in [7, 11) is 0. The smallest absolute Gasteiger partial charge is 0.0713 e. The maximum absolute atomic E-state index is 2.46. The second-order valence-corrected chi connectivity index (χ2v) is 21.8.